The average Bonchev–Trinajstić information content (AvgIpc) is 3.34. The van der Waals surface area contributed by atoms with Gasteiger partial charge in [0.05, 0.1) is 0 Å². The number of rotatable bonds is 4. The third-order valence-corrected chi connectivity index (χ3v) is 5.80. The van der Waals surface area contributed by atoms with E-state index in [2.05, 4.69) is 65.5 Å². The van der Waals surface area contributed by atoms with Crippen LogP contribution in [-0.2, 0) is 10.2 Å². The molecule has 0 saturated heterocycles. The van der Waals surface area contributed by atoms with Crippen LogP contribution in [0.2, 0.25) is 0 Å². The lowest BCUT2D eigenvalue weighted by Crippen LogP contribution is -2.14. The first-order chi connectivity index (χ1) is 12.9. The van der Waals surface area contributed by atoms with Gasteiger partial charge in [0.15, 0.2) is 0 Å². The molecule has 2 atom stereocenters. The van der Waals surface area contributed by atoms with Crippen molar-refractivity contribution in [2.24, 2.45) is 5.92 Å². The number of amides is 1. The minimum absolute atomic E-state index is 0.0127. The van der Waals surface area contributed by atoms with Gasteiger partial charge in [0, 0.05) is 23.9 Å². The summed E-state index contributed by atoms with van der Waals surface area (Å²) in [4.78, 5) is 16.5. The molecule has 1 saturated carbocycles. The summed E-state index contributed by atoms with van der Waals surface area (Å²) in [5.41, 5.74) is 3.64. The Labute approximate surface area is 162 Å². The Morgan fingerprint density at radius 3 is 2.44 bits per heavy atom. The van der Waals surface area contributed by atoms with E-state index < -0.39 is 0 Å². The minimum Gasteiger partial charge on any atom is -0.300 e. The van der Waals surface area contributed by atoms with E-state index >= 15 is 0 Å². The predicted molar refractivity (Wildman–Crippen MR) is 108 cm³/mol. The van der Waals surface area contributed by atoms with E-state index in [0.717, 1.165) is 17.0 Å². The van der Waals surface area contributed by atoms with Crippen LogP contribution in [0.5, 0.6) is 0 Å². The molecule has 0 radical (unpaired) electrons. The molecule has 0 bridgehead atoms. The Kier molecular flexibility index (Phi) is 4.52. The summed E-state index contributed by atoms with van der Waals surface area (Å²) in [6, 6.07) is 12.4. The van der Waals surface area contributed by atoms with Crippen molar-refractivity contribution in [3.05, 3.63) is 59.9 Å². The molecule has 2 aromatic heterocycles. The number of carbonyl (C=O) groups is 1. The molecule has 0 aliphatic heterocycles. The summed E-state index contributed by atoms with van der Waals surface area (Å²) < 4.78 is 0. The van der Waals surface area contributed by atoms with E-state index in [4.69, 9.17) is 0 Å². The van der Waals surface area contributed by atoms with Gasteiger partial charge in [-0.25, -0.2) is 0 Å². The van der Waals surface area contributed by atoms with Crippen LogP contribution in [0.3, 0.4) is 0 Å². The molecule has 4 rings (SSSR count). The largest absolute Gasteiger partial charge is 0.300 e. The molecule has 1 fully saturated rings. The molecule has 27 heavy (non-hydrogen) atoms. The summed E-state index contributed by atoms with van der Waals surface area (Å²) in [6.45, 7) is 6.62. The molecule has 1 aliphatic carbocycles. The van der Waals surface area contributed by atoms with Crippen molar-refractivity contribution in [1.82, 2.24) is 15.2 Å². The fourth-order valence-corrected chi connectivity index (χ4v) is 3.92. The number of pyridine rings is 1. The van der Waals surface area contributed by atoms with Crippen LogP contribution in [0.4, 0.5) is 5.13 Å². The van der Waals surface area contributed by atoms with Gasteiger partial charge in [0.25, 0.3) is 0 Å². The molecule has 1 aliphatic rings. The Balaban J connectivity index is 1.39. The lowest BCUT2D eigenvalue weighted by molar-refractivity contribution is -0.117. The van der Waals surface area contributed by atoms with Gasteiger partial charge in [0.1, 0.15) is 5.01 Å². The van der Waals surface area contributed by atoms with E-state index in [1.807, 2.05) is 12.1 Å². The number of aromatic nitrogens is 3. The van der Waals surface area contributed by atoms with Gasteiger partial charge in [-0.1, -0.05) is 56.4 Å². The third-order valence-electron chi connectivity index (χ3n) is 4.91. The molecule has 138 valence electrons. The zero-order chi connectivity index (χ0) is 19.0. The number of nitrogens with zero attached hydrogens (tertiary/aromatic N) is 3. The Morgan fingerprint density at radius 1 is 1.07 bits per heavy atom. The Hall–Kier alpha value is -2.60. The number of nitrogens with one attached hydrogen (secondary N) is 1. The predicted octanol–water partition coefficient (Wildman–Crippen LogP) is 4.64. The maximum atomic E-state index is 12.5. The molecular formula is C21H22N4OS. The van der Waals surface area contributed by atoms with E-state index in [9.17, 15) is 4.79 Å². The van der Waals surface area contributed by atoms with Crippen LogP contribution < -0.4 is 5.32 Å². The van der Waals surface area contributed by atoms with E-state index in [0.29, 0.717) is 11.0 Å². The van der Waals surface area contributed by atoms with Crippen LogP contribution in [0.1, 0.15) is 44.2 Å². The highest BCUT2D eigenvalue weighted by molar-refractivity contribution is 7.18. The fourth-order valence-electron chi connectivity index (χ4n) is 3.17. The Morgan fingerprint density at radius 2 is 1.78 bits per heavy atom. The van der Waals surface area contributed by atoms with Crippen LogP contribution >= 0.6 is 11.3 Å². The second-order valence-electron chi connectivity index (χ2n) is 7.96. The molecule has 3 aromatic rings. The lowest BCUT2D eigenvalue weighted by atomic mass is 9.86. The second-order valence-corrected chi connectivity index (χ2v) is 8.94. The zero-order valence-corrected chi connectivity index (χ0v) is 16.5. The maximum absolute atomic E-state index is 12.5. The quantitative estimate of drug-likeness (QED) is 0.718. The van der Waals surface area contributed by atoms with Crippen molar-refractivity contribution in [1.29, 1.82) is 0 Å². The van der Waals surface area contributed by atoms with E-state index in [-0.39, 0.29) is 17.2 Å². The first kappa shape index (κ1) is 17.8. The summed E-state index contributed by atoms with van der Waals surface area (Å²) in [5.74, 6) is 0.336. The van der Waals surface area contributed by atoms with Crippen molar-refractivity contribution in [2.75, 3.05) is 5.32 Å². The lowest BCUT2D eigenvalue weighted by Gasteiger charge is -2.19. The van der Waals surface area contributed by atoms with Gasteiger partial charge in [-0.2, -0.15) is 0 Å². The highest BCUT2D eigenvalue weighted by Crippen LogP contribution is 2.48. The number of benzene rings is 1. The van der Waals surface area contributed by atoms with Crippen molar-refractivity contribution >= 4 is 22.4 Å². The SMILES string of the molecule is CC(C)(C)c1ccc([C@@H]2C[C@H]2C(=O)Nc2nnc(-c3ccncc3)s2)cc1. The summed E-state index contributed by atoms with van der Waals surface area (Å²) in [7, 11) is 0. The third kappa shape index (κ3) is 3.90. The van der Waals surface area contributed by atoms with Crippen molar-refractivity contribution in [3.8, 4) is 10.6 Å². The van der Waals surface area contributed by atoms with Gasteiger partial charge in [0.2, 0.25) is 11.0 Å². The van der Waals surface area contributed by atoms with Gasteiger partial charge >= 0.3 is 0 Å². The van der Waals surface area contributed by atoms with Crippen LogP contribution in [0, 0.1) is 5.92 Å². The van der Waals surface area contributed by atoms with Gasteiger partial charge in [-0.05, 0) is 41.0 Å². The number of hydrogen-bond acceptors (Lipinski definition) is 5. The molecule has 1 amide bonds. The van der Waals surface area contributed by atoms with Gasteiger partial charge in [-0.15, -0.1) is 10.2 Å². The van der Waals surface area contributed by atoms with E-state index in [1.54, 1.807) is 12.4 Å². The second kappa shape index (κ2) is 6.85. The summed E-state index contributed by atoms with van der Waals surface area (Å²) in [5, 5.41) is 12.5. The maximum Gasteiger partial charge on any atom is 0.229 e. The highest BCUT2D eigenvalue weighted by Gasteiger charge is 2.44. The molecule has 2 heterocycles. The molecule has 1 aromatic carbocycles. The van der Waals surface area contributed by atoms with Crippen LogP contribution in [-0.4, -0.2) is 21.1 Å². The fraction of sp³-hybridized carbons (Fsp3) is 0.333. The highest BCUT2D eigenvalue weighted by atomic mass is 32.1. The molecule has 6 heteroatoms. The number of anilines is 1. The molecule has 1 N–H and O–H groups in total. The zero-order valence-electron chi connectivity index (χ0n) is 15.6. The molecular weight excluding hydrogens is 356 g/mol. The molecule has 0 unspecified atom stereocenters. The number of hydrogen-bond donors (Lipinski definition) is 1. The van der Waals surface area contributed by atoms with Crippen molar-refractivity contribution in [3.63, 3.8) is 0 Å². The molecule has 0 spiro atoms. The van der Waals surface area contributed by atoms with Crippen molar-refractivity contribution in [2.45, 2.75) is 38.5 Å². The van der Waals surface area contributed by atoms with Gasteiger partial charge < -0.3 is 5.32 Å². The smallest absolute Gasteiger partial charge is 0.229 e. The minimum atomic E-state index is 0.0127. The summed E-state index contributed by atoms with van der Waals surface area (Å²) in [6.07, 6.45) is 4.32. The number of carbonyl (C=O) groups excluding carboxylic acids is 1. The Bertz CT molecular complexity index is 944. The topological polar surface area (TPSA) is 67.8 Å². The van der Waals surface area contributed by atoms with Crippen molar-refractivity contribution < 1.29 is 4.79 Å². The first-order valence-electron chi connectivity index (χ1n) is 9.07. The van der Waals surface area contributed by atoms with Gasteiger partial charge in [-0.3, -0.25) is 9.78 Å². The first-order valence-corrected chi connectivity index (χ1v) is 9.89. The summed E-state index contributed by atoms with van der Waals surface area (Å²) >= 11 is 1.38. The molecule has 5 nitrogen and oxygen atoms in total. The van der Waals surface area contributed by atoms with Crippen LogP contribution in [0.25, 0.3) is 10.6 Å². The average molecular weight is 379 g/mol. The monoisotopic (exact) mass is 378 g/mol. The van der Waals surface area contributed by atoms with E-state index in [1.165, 1.54) is 22.5 Å². The normalized spacial score (nSPS) is 18.9. The van der Waals surface area contributed by atoms with Crippen LogP contribution in [0.15, 0.2) is 48.8 Å². The standard InChI is InChI=1S/C21H22N4OS/c1-21(2,3)15-6-4-13(5-7-15)16-12-17(16)18(26)23-20-25-24-19(27-20)14-8-10-22-11-9-14/h4-11,16-17H,12H2,1-3H3,(H,23,25,26)/t16-,17+/m0/s1.